The molecule has 0 radical (unpaired) electrons. The molecule has 0 aliphatic carbocycles. The Hall–Kier alpha value is -2.01. The highest BCUT2D eigenvalue weighted by Crippen LogP contribution is 2.31. The van der Waals surface area contributed by atoms with Gasteiger partial charge in [0.15, 0.2) is 0 Å². The van der Waals surface area contributed by atoms with Crippen LogP contribution in [0.15, 0.2) is 52.0 Å². The van der Waals surface area contributed by atoms with Crippen molar-refractivity contribution in [1.29, 1.82) is 0 Å². The zero-order valence-electron chi connectivity index (χ0n) is 15.7. The maximum absolute atomic E-state index is 12.6. The number of hydrogen-bond acceptors (Lipinski definition) is 7. The van der Waals surface area contributed by atoms with Crippen molar-refractivity contribution in [2.75, 3.05) is 18.4 Å². The molecular formula is C19H20N4O3S3. The number of nitrogens with one attached hydrogen (secondary N) is 1. The fourth-order valence-corrected chi connectivity index (χ4v) is 6.33. The van der Waals surface area contributed by atoms with Crippen LogP contribution in [0.25, 0.3) is 10.2 Å². The van der Waals surface area contributed by atoms with E-state index in [0.717, 1.165) is 28.1 Å². The Labute approximate surface area is 177 Å². The Morgan fingerprint density at radius 3 is 2.62 bits per heavy atom. The molecule has 0 unspecified atom stereocenters. The predicted molar refractivity (Wildman–Crippen MR) is 116 cm³/mol. The Morgan fingerprint density at radius 1 is 1.17 bits per heavy atom. The van der Waals surface area contributed by atoms with Gasteiger partial charge in [-0.15, -0.1) is 11.3 Å². The van der Waals surface area contributed by atoms with E-state index in [4.69, 9.17) is 0 Å². The molecule has 1 atom stereocenters. The lowest BCUT2D eigenvalue weighted by molar-refractivity contribution is -0.115. The normalized spacial score (nSPS) is 16.2. The first kappa shape index (κ1) is 20.3. The summed E-state index contributed by atoms with van der Waals surface area (Å²) in [6.45, 7) is 2.94. The smallest absolute Gasteiger partial charge is 0.243 e. The van der Waals surface area contributed by atoms with Gasteiger partial charge in [-0.05, 0) is 55.5 Å². The topological polar surface area (TPSA) is 92.3 Å². The highest BCUT2D eigenvalue weighted by Gasteiger charge is 2.27. The largest absolute Gasteiger partial charge is 0.325 e. The van der Waals surface area contributed by atoms with Crippen LogP contribution >= 0.6 is 23.1 Å². The standard InChI is InChI=1S/C19H20N4O3S3/c1-13(28-19-16-8-11-27-18(16)20-12-21-19)17(24)22-14-4-6-15(7-5-14)29(25,26)23-9-2-3-10-23/h4-8,11-13H,2-3,9-10H2,1H3,(H,22,24)/t13-/m0/s1. The number of carbonyl (C=O) groups is 1. The van der Waals surface area contributed by atoms with Crippen molar-refractivity contribution < 1.29 is 13.2 Å². The van der Waals surface area contributed by atoms with Crippen LogP contribution in [0.4, 0.5) is 5.69 Å². The molecule has 1 aliphatic heterocycles. The van der Waals surface area contributed by atoms with Crippen LogP contribution in [-0.2, 0) is 14.8 Å². The van der Waals surface area contributed by atoms with Gasteiger partial charge in [0.05, 0.1) is 10.1 Å². The minimum absolute atomic E-state index is 0.174. The molecule has 2 aromatic heterocycles. The molecule has 0 bridgehead atoms. The number of amides is 1. The average Bonchev–Trinajstić information content (AvgIpc) is 3.41. The molecule has 10 heteroatoms. The summed E-state index contributed by atoms with van der Waals surface area (Å²) in [7, 11) is -3.45. The summed E-state index contributed by atoms with van der Waals surface area (Å²) in [5.41, 5.74) is 0.561. The highest BCUT2D eigenvalue weighted by molar-refractivity contribution is 8.00. The zero-order chi connectivity index (χ0) is 20.4. The Balaban J connectivity index is 1.42. The van der Waals surface area contributed by atoms with Gasteiger partial charge in [-0.1, -0.05) is 11.8 Å². The fourth-order valence-electron chi connectivity index (χ4n) is 3.11. The Kier molecular flexibility index (Phi) is 5.86. The predicted octanol–water partition coefficient (Wildman–Crippen LogP) is 3.60. The first-order valence-corrected chi connectivity index (χ1v) is 12.4. The summed E-state index contributed by atoms with van der Waals surface area (Å²) in [5, 5.41) is 6.13. The molecule has 1 N–H and O–H groups in total. The molecule has 0 saturated carbocycles. The second-order valence-electron chi connectivity index (χ2n) is 6.70. The number of thiophene rings is 1. The number of fused-ring (bicyclic) bond motifs is 1. The molecule has 1 amide bonds. The van der Waals surface area contributed by atoms with Gasteiger partial charge in [0.25, 0.3) is 0 Å². The van der Waals surface area contributed by atoms with Crippen molar-refractivity contribution >= 4 is 54.9 Å². The third kappa shape index (κ3) is 4.30. The van der Waals surface area contributed by atoms with Crippen molar-refractivity contribution in [1.82, 2.24) is 14.3 Å². The van der Waals surface area contributed by atoms with E-state index in [1.165, 1.54) is 33.7 Å². The van der Waals surface area contributed by atoms with E-state index < -0.39 is 10.0 Å². The zero-order valence-corrected chi connectivity index (χ0v) is 18.2. The molecule has 1 aromatic carbocycles. The van der Waals surface area contributed by atoms with E-state index in [-0.39, 0.29) is 16.1 Å². The molecule has 7 nitrogen and oxygen atoms in total. The Bertz CT molecular complexity index is 1120. The number of benzene rings is 1. The summed E-state index contributed by atoms with van der Waals surface area (Å²) in [6, 6.07) is 8.29. The first-order chi connectivity index (χ1) is 13.9. The number of sulfonamides is 1. The highest BCUT2D eigenvalue weighted by atomic mass is 32.2. The number of rotatable bonds is 6. The second-order valence-corrected chi connectivity index (χ2v) is 10.9. The number of hydrogen-bond donors (Lipinski definition) is 1. The summed E-state index contributed by atoms with van der Waals surface area (Å²) < 4.78 is 26.7. The number of aromatic nitrogens is 2. The fraction of sp³-hybridized carbons (Fsp3) is 0.316. The van der Waals surface area contributed by atoms with Gasteiger partial charge in [-0.2, -0.15) is 4.31 Å². The van der Waals surface area contributed by atoms with Crippen LogP contribution in [-0.4, -0.2) is 46.9 Å². The van der Waals surface area contributed by atoms with Gasteiger partial charge in [0.2, 0.25) is 15.9 Å². The van der Waals surface area contributed by atoms with Crippen LogP contribution in [0.3, 0.4) is 0 Å². The molecule has 0 spiro atoms. The van der Waals surface area contributed by atoms with E-state index in [9.17, 15) is 13.2 Å². The molecule has 1 fully saturated rings. The van der Waals surface area contributed by atoms with Gasteiger partial charge in [0, 0.05) is 24.2 Å². The summed E-state index contributed by atoms with van der Waals surface area (Å²) in [6.07, 6.45) is 3.30. The number of thioether (sulfide) groups is 1. The van der Waals surface area contributed by atoms with Crippen molar-refractivity contribution in [2.45, 2.75) is 34.9 Å². The lowest BCUT2D eigenvalue weighted by atomic mass is 10.3. The molecule has 1 saturated heterocycles. The first-order valence-electron chi connectivity index (χ1n) is 9.21. The second kappa shape index (κ2) is 8.39. The third-order valence-electron chi connectivity index (χ3n) is 4.71. The van der Waals surface area contributed by atoms with Crippen molar-refractivity contribution in [3.8, 4) is 0 Å². The monoisotopic (exact) mass is 448 g/mol. The quantitative estimate of drug-likeness (QED) is 0.458. The van der Waals surface area contributed by atoms with E-state index in [0.29, 0.717) is 18.8 Å². The molecule has 29 heavy (non-hydrogen) atoms. The van der Waals surface area contributed by atoms with Gasteiger partial charge < -0.3 is 5.32 Å². The lowest BCUT2D eigenvalue weighted by Crippen LogP contribution is -2.27. The average molecular weight is 449 g/mol. The van der Waals surface area contributed by atoms with E-state index in [1.54, 1.807) is 24.3 Å². The minimum Gasteiger partial charge on any atom is -0.325 e. The van der Waals surface area contributed by atoms with Crippen molar-refractivity contribution in [3.63, 3.8) is 0 Å². The molecule has 1 aliphatic rings. The van der Waals surface area contributed by atoms with Crippen molar-refractivity contribution in [2.24, 2.45) is 0 Å². The maximum Gasteiger partial charge on any atom is 0.243 e. The van der Waals surface area contributed by atoms with Crippen LogP contribution in [0.1, 0.15) is 19.8 Å². The number of carbonyl (C=O) groups excluding carboxylic acids is 1. The van der Waals surface area contributed by atoms with Crippen LogP contribution in [0, 0.1) is 0 Å². The number of anilines is 1. The minimum atomic E-state index is -3.45. The molecule has 3 heterocycles. The number of nitrogens with zero attached hydrogens (tertiary/aromatic N) is 3. The van der Waals surface area contributed by atoms with Crippen molar-refractivity contribution in [3.05, 3.63) is 42.0 Å². The van der Waals surface area contributed by atoms with Crippen LogP contribution in [0.2, 0.25) is 0 Å². The third-order valence-corrected chi connectivity index (χ3v) is 8.56. The lowest BCUT2D eigenvalue weighted by Gasteiger charge is -2.16. The van der Waals surface area contributed by atoms with Gasteiger partial charge in [-0.3, -0.25) is 4.79 Å². The maximum atomic E-state index is 12.6. The summed E-state index contributed by atoms with van der Waals surface area (Å²) in [4.78, 5) is 22.2. The molecule has 152 valence electrons. The molecule has 3 aromatic rings. The molecular weight excluding hydrogens is 428 g/mol. The van der Waals surface area contributed by atoms with Crippen LogP contribution in [0.5, 0.6) is 0 Å². The summed E-state index contributed by atoms with van der Waals surface area (Å²) >= 11 is 2.90. The SMILES string of the molecule is C[C@H](Sc1ncnc2sccc12)C(=O)Nc1ccc(S(=O)(=O)N2CCCC2)cc1. The van der Waals surface area contributed by atoms with Gasteiger partial charge >= 0.3 is 0 Å². The van der Waals surface area contributed by atoms with Gasteiger partial charge in [0.1, 0.15) is 16.2 Å². The van der Waals surface area contributed by atoms with E-state index in [2.05, 4.69) is 15.3 Å². The molecule has 4 rings (SSSR count). The Morgan fingerprint density at radius 2 is 1.90 bits per heavy atom. The van der Waals surface area contributed by atoms with Crippen LogP contribution < -0.4 is 5.32 Å². The van der Waals surface area contributed by atoms with E-state index in [1.807, 2.05) is 18.4 Å². The van der Waals surface area contributed by atoms with Gasteiger partial charge in [-0.25, -0.2) is 18.4 Å². The summed E-state index contributed by atoms with van der Waals surface area (Å²) in [5.74, 6) is -0.174. The van der Waals surface area contributed by atoms with E-state index >= 15 is 0 Å².